The first-order chi connectivity index (χ1) is 7.36. The molecule has 1 heteroatoms. The van der Waals surface area contributed by atoms with Crippen LogP contribution in [0.4, 0.5) is 0 Å². The molecule has 0 aromatic heterocycles. The van der Waals surface area contributed by atoms with E-state index in [2.05, 4.69) is 18.2 Å². The van der Waals surface area contributed by atoms with Crippen molar-refractivity contribution in [3.63, 3.8) is 0 Å². The van der Waals surface area contributed by atoms with E-state index >= 15 is 0 Å². The summed E-state index contributed by atoms with van der Waals surface area (Å²) in [6, 6.07) is 10.3. The molecule has 1 atom stereocenters. The summed E-state index contributed by atoms with van der Waals surface area (Å²) in [5.41, 5.74) is 2.41. The van der Waals surface area contributed by atoms with Crippen molar-refractivity contribution in [2.24, 2.45) is 0 Å². The van der Waals surface area contributed by atoms with Crippen molar-refractivity contribution in [2.45, 2.75) is 38.2 Å². The largest absolute Gasteiger partial charge is 0.389 e. The van der Waals surface area contributed by atoms with Gasteiger partial charge in [0.25, 0.3) is 0 Å². The van der Waals surface area contributed by atoms with Crippen LogP contribution in [0.5, 0.6) is 0 Å². The standard InChI is InChI=1S/C14H18O/c15-14-10-6-2-5-9-13(14)11-12-7-3-1-4-8-12/h1,3-4,7-8,11,14-15H,2,5-6,9-10H2/b13-11-. The third kappa shape index (κ3) is 2.93. The summed E-state index contributed by atoms with van der Waals surface area (Å²) in [5, 5.41) is 9.94. The molecule has 0 radical (unpaired) electrons. The maximum Gasteiger partial charge on any atom is 0.0753 e. The SMILES string of the molecule is OC1CCCCC/C1=C/c1ccccc1. The predicted octanol–water partition coefficient (Wildman–Crippen LogP) is 3.40. The van der Waals surface area contributed by atoms with Gasteiger partial charge in [0.05, 0.1) is 6.10 Å². The minimum Gasteiger partial charge on any atom is -0.389 e. The van der Waals surface area contributed by atoms with Crippen molar-refractivity contribution < 1.29 is 5.11 Å². The Balaban J connectivity index is 2.17. The fourth-order valence-corrected chi connectivity index (χ4v) is 2.13. The molecule has 1 nitrogen and oxygen atoms in total. The highest BCUT2D eigenvalue weighted by Gasteiger charge is 2.13. The first-order valence-corrected chi connectivity index (χ1v) is 5.80. The lowest BCUT2D eigenvalue weighted by atomic mass is 10.0. The first-order valence-electron chi connectivity index (χ1n) is 5.80. The highest BCUT2D eigenvalue weighted by atomic mass is 16.3. The van der Waals surface area contributed by atoms with Crippen LogP contribution in [-0.4, -0.2) is 11.2 Å². The van der Waals surface area contributed by atoms with Crippen LogP contribution in [-0.2, 0) is 0 Å². The van der Waals surface area contributed by atoms with E-state index in [9.17, 15) is 5.11 Å². The smallest absolute Gasteiger partial charge is 0.0753 e. The van der Waals surface area contributed by atoms with E-state index in [0.717, 1.165) is 19.3 Å². The summed E-state index contributed by atoms with van der Waals surface area (Å²) >= 11 is 0. The molecule has 1 aromatic rings. The highest BCUT2D eigenvalue weighted by molar-refractivity contribution is 5.53. The third-order valence-corrected chi connectivity index (χ3v) is 3.02. The molecule has 1 aliphatic rings. The average Bonchev–Trinajstić information content (AvgIpc) is 2.46. The Labute approximate surface area is 91.4 Å². The van der Waals surface area contributed by atoms with Gasteiger partial charge in [-0.1, -0.05) is 49.2 Å². The van der Waals surface area contributed by atoms with Gasteiger partial charge in [0.2, 0.25) is 0 Å². The molecule has 80 valence electrons. The zero-order valence-electron chi connectivity index (χ0n) is 9.02. The van der Waals surface area contributed by atoms with E-state index in [4.69, 9.17) is 0 Å². The Kier molecular flexibility index (Phi) is 3.57. The second-order valence-electron chi connectivity index (χ2n) is 4.25. The van der Waals surface area contributed by atoms with Crippen LogP contribution in [0, 0.1) is 0 Å². The number of rotatable bonds is 1. The summed E-state index contributed by atoms with van der Waals surface area (Å²) in [4.78, 5) is 0. The fraction of sp³-hybridized carbons (Fsp3) is 0.429. The Morgan fingerprint density at radius 1 is 1.07 bits per heavy atom. The van der Waals surface area contributed by atoms with Gasteiger partial charge in [0.15, 0.2) is 0 Å². The van der Waals surface area contributed by atoms with E-state index in [1.54, 1.807) is 0 Å². The molecule has 1 aliphatic carbocycles. The van der Waals surface area contributed by atoms with Gasteiger partial charge in [-0.15, -0.1) is 0 Å². The van der Waals surface area contributed by atoms with Crippen LogP contribution < -0.4 is 0 Å². The van der Waals surface area contributed by atoms with Crippen LogP contribution in [0.3, 0.4) is 0 Å². The summed E-state index contributed by atoms with van der Waals surface area (Å²) in [7, 11) is 0. The molecule has 0 amide bonds. The molecule has 1 unspecified atom stereocenters. The number of hydrogen-bond acceptors (Lipinski definition) is 1. The molecule has 0 aliphatic heterocycles. The zero-order valence-corrected chi connectivity index (χ0v) is 9.02. The van der Waals surface area contributed by atoms with Crippen LogP contribution in [0.25, 0.3) is 6.08 Å². The molecule has 0 bridgehead atoms. The van der Waals surface area contributed by atoms with Crippen LogP contribution in [0.2, 0.25) is 0 Å². The molecule has 0 spiro atoms. The third-order valence-electron chi connectivity index (χ3n) is 3.02. The van der Waals surface area contributed by atoms with Crippen LogP contribution in [0.1, 0.15) is 37.7 Å². The van der Waals surface area contributed by atoms with E-state index in [1.165, 1.54) is 24.0 Å². The number of benzene rings is 1. The molecule has 1 saturated carbocycles. The van der Waals surface area contributed by atoms with Gasteiger partial charge in [0, 0.05) is 0 Å². The lowest BCUT2D eigenvalue weighted by Crippen LogP contribution is -2.07. The van der Waals surface area contributed by atoms with Gasteiger partial charge in [-0.2, -0.15) is 0 Å². The molecular weight excluding hydrogens is 184 g/mol. The predicted molar refractivity (Wildman–Crippen MR) is 63.5 cm³/mol. The molecule has 1 fully saturated rings. The van der Waals surface area contributed by atoms with Gasteiger partial charge in [-0.25, -0.2) is 0 Å². The van der Waals surface area contributed by atoms with Gasteiger partial charge in [-0.05, 0) is 30.4 Å². The first kappa shape index (κ1) is 10.4. The quantitative estimate of drug-likeness (QED) is 0.692. The minimum atomic E-state index is -0.215. The van der Waals surface area contributed by atoms with Crippen LogP contribution >= 0.6 is 0 Å². The average molecular weight is 202 g/mol. The minimum absolute atomic E-state index is 0.215. The topological polar surface area (TPSA) is 20.2 Å². The molecule has 1 N–H and O–H groups in total. The van der Waals surface area contributed by atoms with Gasteiger partial charge >= 0.3 is 0 Å². The maximum absolute atomic E-state index is 9.94. The van der Waals surface area contributed by atoms with Crippen molar-refractivity contribution in [2.75, 3.05) is 0 Å². The molecule has 15 heavy (non-hydrogen) atoms. The van der Waals surface area contributed by atoms with Gasteiger partial charge < -0.3 is 5.11 Å². The number of hydrogen-bond donors (Lipinski definition) is 1. The van der Waals surface area contributed by atoms with Crippen molar-refractivity contribution in [3.8, 4) is 0 Å². The summed E-state index contributed by atoms with van der Waals surface area (Å²) in [6.07, 6.45) is 7.55. The van der Waals surface area contributed by atoms with E-state index < -0.39 is 0 Å². The molecule has 2 rings (SSSR count). The van der Waals surface area contributed by atoms with Gasteiger partial charge in [-0.3, -0.25) is 0 Å². The monoisotopic (exact) mass is 202 g/mol. The van der Waals surface area contributed by atoms with E-state index in [-0.39, 0.29) is 6.10 Å². The Hall–Kier alpha value is -1.08. The zero-order chi connectivity index (χ0) is 10.5. The van der Waals surface area contributed by atoms with Crippen LogP contribution in [0.15, 0.2) is 35.9 Å². The number of aliphatic hydroxyl groups is 1. The maximum atomic E-state index is 9.94. The summed E-state index contributed by atoms with van der Waals surface area (Å²) in [6.45, 7) is 0. The Morgan fingerprint density at radius 2 is 1.87 bits per heavy atom. The summed E-state index contributed by atoms with van der Waals surface area (Å²) in [5.74, 6) is 0. The number of aliphatic hydroxyl groups excluding tert-OH is 1. The summed E-state index contributed by atoms with van der Waals surface area (Å²) < 4.78 is 0. The fourth-order valence-electron chi connectivity index (χ4n) is 2.13. The van der Waals surface area contributed by atoms with Crippen molar-refractivity contribution in [1.82, 2.24) is 0 Å². The van der Waals surface area contributed by atoms with Crippen molar-refractivity contribution >= 4 is 6.08 Å². The van der Waals surface area contributed by atoms with Crippen molar-refractivity contribution in [3.05, 3.63) is 41.5 Å². The Bertz CT molecular complexity index is 326. The Morgan fingerprint density at radius 3 is 2.67 bits per heavy atom. The second kappa shape index (κ2) is 5.13. The normalized spacial score (nSPS) is 25.1. The molecule has 1 aromatic carbocycles. The van der Waals surface area contributed by atoms with E-state index in [1.807, 2.05) is 18.2 Å². The molecular formula is C14H18O. The molecule has 0 heterocycles. The molecule has 0 saturated heterocycles. The van der Waals surface area contributed by atoms with Gasteiger partial charge in [0.1, 0.15) is 0 Å². The van der Waals surface area contributed by atoms with E-state index in [0.29, 0.717) is 0 Å². The lowest BCUT2D eigenvalue weighted by molar-refractivity contribution is 0.200. The van der Waals surface area contributed by atoms with Crippen molar-refractivity contribution in [1.29, 1.82) is 0 Å². The second-order valence-corrected chi connectivity index (χ2v) is 4.25. The lowest BCUT2D eigenvalue weighted by Gasteiger charge is -2.10. The highest BCUT2D eigenvalue weighted by Crippen LogP contribution is 2.24.